The molecule has 0 spiro atoms. The fraction of sp³-hybridized carbons (Fsp3) is 0.300. The van der Waals surface area contributed by atoms with Crippen molar-refractivity contribution in [2.24, 2.45) is 0 Å². The van der Waals surface area contributed by atoms with E-state index in [1.807, 2.05) is 24.3 Å². The summed E-state index contributed by atoms with van der Waals surface area (Å²) in [6.45, 7) is 0.547. The molecular formula is C20H21N3O4. The molecule has 1 N–H and O–H groups in total. The van der Waals surface area contributed by atoms with Crippen molar-refractivity contribution < 1.29 is 19.0 Å². The molecule has 0 aliphatic carbocycles. The lowest BCUT2D eigenvalue weighted by Gasteiger charge is -2.35. The van der Waals surface area contributed by atoms with Crippen molar-refractivity contribution in [3.8, 4) is 11.5 Å². The Balaban J connectivity index is 1.93. The Morgan fingerprint density at radius 2 is 1.93 bits per heavy atom. The zero-order valence-electron chi connectivity index (χ0n) is 15.5. The van der Waals surface area contributed by atoms with Crippen LogP contribution < -0.4 is 9.47 Å². The molecule has 4 rings (SSSR count). The first kappa shape index (κ1) is 17.2. The highest BCUT2D eigenvalue weighted by molar-refractivity contribution is 5.83. The molecule has 1 aliphatic rings. The fourth-order valence-electron chi connectivity index (χ4n) is 3.76. The Morgan fingerprint density at radius 3 is 2.59 bits per heavy atom. The Kier molecular flexibility index (Phi) is 4.35. The van der Waals surface area contributed by atoms with E-state index in [0.717, 1.165) is 28.7 Å². The molecular weight excluding hydrogens is 346 g/mol. The first-order valence-electron chi connectivity index (χ1n) is 8.69. The number of hydrogen-bond acceptors (Lipinski definition) is 5. The lowest BCUT2D eigenvalue weighted by atomic mass is 9.92. The summed E-state index contributed by atoms with van der Waals surface area (Å²) in [6.07, 6.45) is 2.11. The van der Waals surface area contributed by atoms with Crippen LogP contribution in [0.15, 0.2) is 36.5 Å². The molecule has 1 aliphatic heterocycles. The Hall–Kier alpha value is -3.22. The van der Waals surface area contributed by atoms with E-state index in [-0.39, 0.29) is 12.1 Å². The minimum Gasteiger partial charge on any atom is -0.497 e. The molecule has 1 unspecified atom stereocenters. The number of carbonyl (C=O) groups excluding carboxylic acids is 1. The minimum atomic E-state index is -0.376. The molecule has 27 heavy (non-hydrogen) atoms. The number of nitrogens with one attached hydrogen (secondary N) is 1. The van der Waals surface area contributed by atoms with Gasteiger partial charge in [-0.1, -0.05) is 0 Å². The highest BCUT2D eigenvalue weighted by Crippen LogP contribution is 2.40. The average Bonchev–Trinajstić information content (AvgIpc) is 3.10. The number of carbonyl (C=O) groups is 1. The van der Waals surface area contributed by atoms with Crippen molar-refractivity contribution in [1.82, 2.24) is 14.9 Å². The van der Waals surface area contributed by atoms with Gasteiger partial charge in [0, 0.05) is 29.9 Å². The predicted octanol–water partition coefficient (Wildman–Crippen LogP) is 3.29. The third kappa shape index (κ3) is 2.85. The van der Waals surface area contributed by atoms with E-state index in [1.165, 1.54) is 12.7 Å². The van der Waals surface area contributed by atoms with Crippen LogP contribution in [0.5, 0.6) is 11.5 Å². The predicted molar refractivity (Wildman–Crippen MR) is 100 cm³/mol. The maximum atomic E-state index is 12.5. The summed E-state index contributed by atoms with van der Waals surface area (Å²) < 4.78 is 15.9. The van der Waals surface area contributed by atoms with E-state index in [1.54, 1.807) is 25.3 Å². The summed E-state index contributed by atoms with van der Waals surface area (Å²) in [5.41, 5.74) is 3.80. The van der Waals surface area contributed by atoms with E-state index in [4.69, 9.17) is 14.2 Å². The topological polar surface area (TPSA) is 76.7 Å². The summed E-state index contributed by atoms with van der Waals surface area (Å²) in [4.78, 5) is 22.0. The van der Waals surface area contributed by atoms with Crippen molar-refractivity contribution in [1.29, 1.82) is 0 Å². The third-order valence-corrected chi connectivity index (χ3v) is 5.00. The molecule has 0 radical (unpaired) electrons. The van der Waals surface area contributed by atoms with Crippen LogP contribution in [0.2, 0.25) is 0 Å². The van der Waals surface area contributed by atoms with Gasteiger partial charge in [0.05, 0.1) is 21.3 Å². The van der Waals surface area contributed by atoms with Crippen LogP contribution in [0.25, 0.3) is 11.0 Å². The number of ether oxygens (including phenoxy) is 3. The third-order valence-electron chi connectivity index (χ3n) is 5.00. The molecule has 0 saturated carbocycles. The van der Waals surface area contributed by atoms with Gasteiger partial charge >= 0.3 is 6.09 Å². The van der Waals surface area contributed by atoms with Gasteiger partial charge in [-0.15, -0.1) is 0 Å². The van der Waals surface area contributed by atoms with Crippen LogP contribution in [-0.2, 0) is 11.2 Å². The molecule has 1 aromatic carbocycles. The van der Waals surface area contributed by atoms with Gasteiger partial charge in [-0.2, -0.15) is 0 Å². The van der Waals surface area contributed by atoms with Gasteiger partial charge in [0.25, 0.3) is 0 Å². The number of fused-ring (bicyclic) bond motifs is 3. The van der Waals surface area contributed by atoms with E-state index in [2.05, 4.69) is 16.0 Å². The zero-order valence-corrected chi connectivity index (χ0v) is 15.5. The van der Waals surface area contributed by atoms with E-state index < -0.39 is 0 Å². The number of amides is 1. The first-order valence-corrected chi connectivity index (χ1v) is 8.69. The Morgan fingerprint density at radius 1 is 1.19 bits per heavy atom. The number of methoxy groups -OCH3 is 3. The number of aromatic amines is 1. The van der Waals surface area contributed by atoms with Gasteiger partial charge < -0.3 is 19.2 Å². The highest BCUT2D eigenvalue weighted by Gasteiger charge is 2.35. The van der Waals surface area contributed by atoms with E-state index in [0.29, 0.717) is 18.0 Å². The largest absolute Gasteiger partial charge is 0.497 e. The normalized spacial score (nSPS) is 16.1. The maximum absolute atomic E-state index is 12.5. The van der Waals surface area contributed by atoms with Crippen LogP contribution >= 0.6 is 0 Å². The van der Waals surface area contributed by atoms with Crippen molar-refractivity contribution in [2.75, 3.05) is 27.9 Å². The van der Waals surface area contributed by atoms with E-state index >= 15 is 0 Å². The summed E-state index contributed by atoms with van der Waals surface area (Å²) in [7, 11) is 4.61. The number of rotatable bonds is 3. The molecule has 3 heterocycles. The molecule has 1 atom stereocenters. The van der Waals surface area contributed by atoms with Crippen LogP contribution in [-0.4, -0.2) is 48.8 Å². The fourth-order valence-corrected chi connectivity index (χ4v) is 3.76. The Bertz CT molecular complexity index is 976. The van der Waals surface area contributed by atoms with Gasteiger partial charge in [-0.05, 0) is 41.8 Å². The summed E-state index contributed by atoms with van der Waals surface area (Å²) in [5.74, 6) is 1.33. The minimum absolute atomic E-state index is 0.348. The molecule has 7 nitrogen and oxygen atoms in total. The molecule has 2 aromatic heterocycles. The summed E-state index contributed by atoms with van der Waals surface area (Å²) in [5, 5.41) is 1.08. The summed E-state index contributed by atoms with van der Waals surface area (Å²) >= 11 is 0. The number of benzene rings is 1. The molecule has 140 valence electrons. The van der Waals surface area contributed by atoms with Crippen LogP contribution in [0, 0.1) is 0 Å². The van der Waals surface area contributed by atoms with Crippen molar-refractivity contribution in [2.45, 2.75) is 12.5 Å². The average molecular weight is 367 g/mol. The SMILES string of the molecule is COC(=O)N1CCc2c([nH]c3ncccc23)C1c1cc(OC)cc(OC)c1. The second kappa shape index (κ2) is 6.83. The number of H-pyrrole nitrogens is 1. The molecule has 0 bridgehead atoms. The van der Waals surface area contributed by atoms with Crippen LogP contribution in [0.4, 0.5) is 4.79 Å². The number of nitrogens with zero attached hydrogens (tertiary/aromatic N) is 2. The second-order valence-corrected chi connectivity index (χ2v) is 6.38. The second-order valence-electron chi connectivity index (χ2n) is 6.38. The quantitative estimate of drug-likeness (QED) is 0.769. The van der Waals surface area contributed by atoms with Crippen LogP contribution in [0.3, 0.4) is 0 Å². The van der Waals surface area contributed by atoms with Gasteiger partial charge in [0.2, 0.25) is 0 Å². The van der Waals surface area contributed by atoms with Crippen molar-refractivity contribution in [3.63, 3.8) is 0 Å². The monoisotopic (exact) mass is 367 g/mol. The standard InChI is InChI=1S/C20H21N3O4/c1-25-13-9-12(10-14(11-13)26-2)18-17-15(6-8-23(18)20(24)27-3)16-5-4-7-21-19(16)22-17/h4-5,7,9-11,18H,6,8H2,1-3H3,(H,21,22). The Labute approximate surface area is 156 Å². The first-order chi connectivity index (χ1) is 13.2. The smallest absolute Gasteiger partial charge is 0.410 e. The lowest BCUT2D eigenvalue weighted by Crippen LogP contribution is -2.40. The zero-order chi connectivity index (χ0) is 19.0. The molecule has 0 fully saturated rings. The number of pyridine rings is 1. The van der Waals surface area contributed by atoms with Gasteiger partial charge in [-0.25, -0.2) is 9.78 Å². The molecule has 7 heteroatoms. The van der Waals surface area contributed by atoms with Crippen molar-refractivity contribution in [3.05, 3.63) is 53.3 Å². The molecule has 3 aromatic rings. The van der Waals surface area contributed by atoms with Crippen LogP contribution in [0.1, 0.15) is 22.9 Å². The lowest BCUT2D eigenvalue weighted by molar-refractivity contribution is 0.108. The summed E-state index contributed by atoms with van der Waals surface area (Å²) in [6, 6.07) is 9.26. The molecule has 0 saturated heterocycles. The number of hydrogen-bond donors (Lipinski definition) is 1. The van der Waals surface area contributed by atoms with Gasteiger partial charge in [0.1, 0.15) is 23.2 Å². The molecule has 1 amide bonds. The maximum Gasteiger partial charge on any atom is 0.410 e. The van der Waals surface area contributed by atoms with Crippen molar-refractivity contribution >= 4 is 17.1 Å². The number of aromatic nitrogens is 2. The highest BCUT2D eigenvalue weighted by atomic mass is 16.5. The van der Waals surface area contributed by atoms with E-state index in [9.17, 15) is 4.79 Å². The van der Waals surface area contributed by atoms with Gasteiger partial charge in [-0.3, -0.25) is 4.90 Å². The van der Waals surface area contributed by atoms with Gasteiger partial charge in [0.15, 0.2) is 0 Å².